The lowest BCUT2D eigenvalue weighted by molar-refractivity contribution is 0.0487. The molecule has 0 spiro atoms. The van der Waals surface area contributed by atoms with Crippen LogP contribution in [0, 0.1) is 0 Å². The van der Waals surface area contributed by atoms with E-state index in [2.05, 4.69) is 41.6 Å². The Morgan fingerprint density at radius 3 is 2.33 bits per heavy atom. The van der Waals surface area contributed by atoms with Crippen molar-refractivity contribution in [2.24, 2.45) is 4.99 Å². The Bertz CT molecular complexity index is 501. The van der Waals surface area contributed by atoms with Crippen molar-refractivity contribution in [3.05, 3.63) is 35.4 Å². The summed E-state index contributed by atoms with van der Waals surface area (Å²) in [4.78, 5) is 4.65. The molecule has 0 atom stereocenters. The first-order chi connectivity index (χ1) is 12.8. The van der Waals surface area contributed by atoms with Gasteiger partial charge in [0, 0.05) is 26.8 Å². The van der Waals surface area contributed by atoms with E-state index in [-0.39, 0.29) is 24.0 Å². The van der Waals surface area contributed by atoms with Crippen molar-refractivity contribution in [2.45, 2.75) is 39.8 Å². The van der Waals surface area contributed by atoms with Gasteiger partial charge in [-0.1, -0.05) is 37.6 Å². The maximum atomic E-state index is 5.57. The highest BCUT2D eigenvalue weighted by molar-refractivity contribution is 14.0. The summed E-state index contributed by atoms with van der Waals surface area (Å²) in [6.07, 6.45) is 2.27. The second kappa shape index (κ2) is 18.5. The zero-order valence-electron chi connectivity index (χ0n) is 17.0. The van der Waals surface area contributed by atoms with Gasteiger partial charge in [0.15, 0.2) is 5.96 Å². The molecule has 7 heteroatoms. The second-order valence-electron chi connectivity index (χ2n) is 5.90. The lowest BCUT2D eigenvalue weighted by Gasteiger charge is -2.12. The van der Waals surface area contributed by atoms with Crippen LogP contribution in [0.2, 0.25) is 0 Å². The van der Waals surface area contributed by atoms with E-state index < -0.39 is 0 Å². The molecule has 27 heavy (non-hydrogen) atoms. The standard InChI is InChI=1S/C20H35N3O3.HI/c1-4-6-12-25-14-15-26-13-11-22-20(21-5-2)23-16-18-9-7-8-10-19(18)17-24-3;/h7-10H,4-6,11-17H2,1-3H3,(H2,21,22,23);1H. The van der Waals surface area contributed by atoms with E-state index in [4.69, 9.17) is 14.2 Å². The summed E-state index contributed by atoms with van der Waals surface area (Å²) in [5.41, 5.74) is 2.34. The Morgan fingerprint density at radius 1 is 0.963 bits per heavy atom. The van der Waals surface area contributed by atoms with Gasteiger partial charge in [-0.25, -0.2) is 4.99 Å². The minimum atomic E-state index is 0. The van der Waals surface area contributed by atoms with Crippen molar-refractivity contribution >= 4 is 29.9 Å². The van der Waals surface area contributed by atoms with Gasteiger partial charge >= 0.3 is 0 Å². The average molecular weight is 493 g/mol. The molecule has 1 rings (SSSR count). The number of ether oxygens (including phenoxy) is 3. The van der Waals surface area contributed by atoms with Crippen LogP contribution in [0.25, 0.3) is 0 Å². The number of aliphatic imine (C=N–C) groups is 1. The Morgan fingerprint density at radius 2 is 1.67 bits per heavy atom. The fourth-order valence-electron chi connectivity index (χ4n) is 2.32. The summed E-state index contributed by atoms with van der Waals surface area (Å²) < 4.78 is 16.3. The van der Waals surface area contributed by atoms with E-state index >= 15 is 0 Å². The van der Waals surface area contributed by atoms with Crippen molar-refractivity contribution in [1.82, 2.24) is 10.6 Å². The summed E-state index contributed by atoms with van der Waals surface area (Å²) in [6, 6.07) is 8.21. The van der Waals surface area contributed by atoms with Gasteiger partial charge in [-0.3, -0.25) is 0 Å². The summed E-state index contributed by atoms with van der Waals surface area (Å²) in [6.45, 7) is 9.68. The fourth-order valence-corrected chi connectivity index (χ4v) is 2.32. The largest absolute Gasteiger partial charge is 0.380 e. The van der Waals surface area contributed by atoms with Crippen molar-refractivity contribution in [2.75, 3.05) is 46.6 Å². The molecular formula is C20H36IN3O3. The van der Waals surface area contributed by atoms with Crippen LogP contribution >= 0.6 is 24.0 Å². The summed E-state index contributed by atoms with van der Waals surface area (Å²) in [5, 5.41) is 6.55. The van der Waals surface area contributed by atoms with Gasteiger partial charge in [-0.2, -0.15) is 0 Å². The molecule has 1 aromatic rings. The Labute approximate surface area is 181 Å². The van der Waals surface area contributed by atoms with Crippen LogP contribution in [-0.4, -0.2) is 52.6 Å². The summed E-state index contributed by atoms with van der Waals surface area (Å²) in [5.74, 6) is 0.794. The second-order valence-corrected chi connectivity index (χ2v) is 5.90. The molecule has 0 saturated carbocycles. The van der Waals surface area contributed by atoms with E-state index in [0.29, 0.717) is 39.5 Å². The van der Waals surface area contributed by atoms with Crippen LogP contribution in [0.3, 0.4) is 0 Å². The van der Waals surface area contributed by atoms with Crippen LogP contribution < -0.4 is 10.6 Å². The molecule has 156 valence electrons. The molecule has 6 nitrogen and oxygen atoms in total. The molecule has 0 aliphatic heterocycles. The predicted molar refractivity (Wildman–Crippen MR) is 122 cm³/mol. The molecule has 0 unspecified atom stereocenters. The topological polar surface area (TPSA) is 64.1 Å². The third kappa shape index (κ3) is 13.0. The zero-order chi connectivity index (χ0) is 18.9. The number of nitrogens with one attached hydrogen (secondary N) is 2. The molecule has 0 amide bonds. The molecule has 0 radical (unpaired) electrons. The molecule has 0 fully saturated rings. The number of hydrogen-bond acceptors (Lipinski definition) is 4. The quantitative estimate of drug-likeness (QED) is 0.180. The van der Waals surface area contributed by atoms with Crippen LogP contribution in [0.5, 0.6) is 0 Å². The van der Waals surface area contributed by atoms with E-state index in [9.17, 15) is 0 Å². The monoisotopic (exact) mass is 493 g/mol. The number of hydrogen-bond donors (Lipinski definition) is 2. The lowest BCUT2D eigenvalue weighted by atomic mass is 10.1. The van der Waals surface area contributed by atoms with E-state index in [1.165, 1.54) is 11.1 Å². The highest BCUT2D eigenvalue weighted by Crippen LogP contribution is 2.11. The van der Waals surface area contributed by atoms with Crippen LogP contribution in [0.1, 0.15) is 37.8 Å². The fraction of sp³-hybridized carbons (Fsp3) is 0.650. The van der Waals surface area contributed by atoms with Crippen LogP contribution in [-0.2, 0) is 27.4 Å². The van der Waals surface area contributed by atoms with Crippen LogP contribution in [0.4, 0.5) is 0 Å². The Kier molecular flexibility index (Phi) is 17.8. The smallest absolute Gasteiger partial charge is 0.191 e. The number of nitrogens with zero attached hydrogens (tertiary/aromatic N) is 1. The highest BCUT2D eigenvalue weighted by atomic mass is 127. The van der Waals surface area contributed by atoms with Crippen molar-refractivity contribution in [1.29, 1.82) is 0 Å². The number of guanidine groups is 1. The molecule has 0 aromatic heterocycles. The number of rotatable bonds is 14. The number of benzene rings is 1. The van der Waals surface area contributed by atoms with Gasteiger partial charge in [0.05, 0.1) is 33.0 Å². The van der Waals surface area contributed by atoms with Gasteiger partial charge in [-0.05, 0) is 24.5 Å². The van der Waals surface area contributed by atoms with Crippen LogP contribution in [0.15, 0.2) is 29.3 Å². The normalized spacial score (nSPS) is 11.1. The van der Waals surface area contributed by atoms with Gasteiger partial charge in [0.2, 0.25) is 0 Å². The molecule has 0 heterocycles. The third-order valence-corrected chi connectivity index (χ3v) is 3.72. The first-order valence-electron chi connectivity index (χ1n) is 9.55. The first kappa shape index (κ1) is 26.1. The van der Waals surface area contributed by atoms with E-state index in [1.54, 1.807) is 7.11 Å². The van der Waals surface area contributed by atoms with E-state index in [1.807, 2.05) is 12.1 Å². The van der Waals surface area contributed by atoms with Crippen molar-refractivity contribution in [3.63, 3.8) is 0 Å². The van der Waals surface area contributed by atoms with Crippen molar-refractivity contribution in [3.8, 4) is 0 Å². The zero-order valence-corrected chi connectivity index (χ0v) is 19.3. The summed E-state index contributed by atoms with van der Waals surface area (Å²) in [7, 11) is 1.71. The molecule has 0 aliphatic carbocycles. The van der Waals surface area contributed by atoms with E-state index in [0.717, 1.165) is 32.0 Å². The maximum absolute atomic E-state index is 5.57. The predicted octanol–water partition coefficient (Wildman–Crippen LogP) is 3.34. The van der Waals surface area contributed by atoms with Gasteiger partial charge in [0.1, 0.15) is 0 Å². The highest BCUT2D eigenvalue weighted by Gasteiger charge is 2.02. The molecule has 2 N–H and O–H groups in total. The minimum absolute atomic E-state index is 0. The molecule has 0 bridgehead atoms. The summed E-state index contributed by atoms with van der Waals surface area (Å²) >= 11 is 0. The lowest BCUT2D eigenvalue weighted by Crippen LogP contribution is -2.39. The average Bonchev–Trinajstić information content (AvgIpc) is 2.66. The molecule has 0 saturated heterocycles. The molecular weight excluding hydrogens is 457 g/mol. The Hall–Kier alpha value is -0.900. The SMILES string of the molecule is CCCCOCCOCCNC(=NCc1ccccc1COC)NCC.I. The van der Waals surface area contributed by atoms with Crippen molar-refractivity contribution < 1.29 is 14.2 Å². The number of methoxy groups -OCH3 is 1. The maximum Gasteiger partial charge on any atom is 0.191 e. The first-order valence-corrected chi connectivity index (χ1v) is 9.55. The minimum Gasteiger partial charge on any atom is -0.380 e. The van der Waals surface area contributed by atoms with Gasteiger partial charge in [-0.15, -0.1) is 24.0 Å². The molecule has 1 aromatic carbocycles. The third-order valence-electron chi connectivity index (χ3n) is 3.72. The number of unbranched alkanes of at least 4 members (excludes halogenated alkanes) is 1. The number of halogens is 1. The van der Waals surface area contributed by atoms with Gasteiger partial charge in [0.25, 0.3) is 0 Å². The Balaban J connectivity index is 0.00000676. The van der Waals surface area contributed by atoms with Gasteiger partial charge < -0.3 is 24.8 Å². The molecule has 0 aliphatic rings.